The molecule has 1 heterocycles. The molecule has 0 unspecified atom stereocenters. The highest BCUT2D eigenvalue weighted by molar-refractivity contribution is 5.89. The summed E-state index contributed by atoms with van der Waals surface area (Å²) < 4.78 is 10.4. The van der Waals surface area contributed by atoms with Crippen molar-refractivity contribution >= 4 is 11.7 Å². The molecule has 0 bridgehead atoms. The molecule has 1 saturated heterocycles. The van der Waals surface area contributed by atoms with Gasteiger partial charge in [-0.3, -0.25) is 0 Å². The van der Waals surface area contributed by atoms with Gasteiger partial charge < -0.3 is 19.7 Å². The number of nitrogens with one attached hydrogen (secondary N) is 1. The van der Waals surface area contributed by atoms with Crippen LogP contribution in [0.4, 0.5) is 10.5 Å². The number of rotatable bonds is 3. The molecule has 5 nitrogen and oxygen atoms in total. The lowest BCUT2D eigenvalue weighted by atomic mass is 10.00. The number of carbonyl (C=O) groups is 1. The number of anilines is 1. The third kappa shape index (κ3) is 3.56. The van der Waals surface area contributed by atoms with E-state index in [4.69, 9.17) is 9.47 Å². The van der Waals surface area contributed by atoms with Crippen LogP contribution in [0, 0.1) is 5.92 Å². The zero-order valence-electron chi connectivity index (χ0n) is 12.3. The van der Waals surface area contributed by atoms with Crippen LogP contribution in [0.3, 0.4) is 0 Å². The van der Waals surface area contributed by atoms with Crippen molar-refractivity contribution in [1.82, 2.24) is 4.90 Å². The number of likely N-dealkylation sites (tertiary alicyclic amines) is 1. The molecule has 1 aliphatic heterocycles. The van der Waals surface area contributed by atoms with Gasteiger partial charge >= 0.3 is 6.03 Å². The van der Waals surface area contributed by atoms with E-state index < -0.39 is 0 Å². The van der Waals surface area contributed by atoms with Crippen molar-refractivity contribution in [2.75, 3.05) is 32.6 Å². The van der Waals surface area contributed by atoms with Crippen molar-refractivity contribution in [1.29, 1.82) is 0 Å². The van der Waals surface area contributed by atoms with Crippen LogP contribution in [0.1, 0.15) is 19.8 Å². The Bertz CT molecular complexity index is 446. The Balaban J connectivity index is 2.03. The maximum Gasteiger partial charge on any atom is 0.321 e. The number of hydrogen-bond donors (Lipinski definition) is 1. The number of benzene rings is 1. The topological polar surface area (TPSA) is 50.8 Å². The number of piperidine rings is 1. The molecule has 0 radical (unpaired) electrons. The van der Waals surface area contributed by atoms with Gasteiger partial charge in [0.1, 0.15) is 11.5 Å². The van der Waals surface area contributed by atoms with E-state index in [2.05, 4.69) is 12.2 Å². The second kappa shape index (κ2) is 6.50. The molecule has 2 rings (SSSR count). The second-order valence-corrected chi connectivity index (χ2v) is 5.20. The predicted octanol–water partition coefficient (Wildman–Crippen LogP) is 2.97. The summed E-state index contributed by atoms with van der Waals surface area (Å²) in [5.41, 5.74) is 0.685. The van der Waals surface area contributed by atoms with Crippen LogP contribution in [0.25, 0.3) is 0 Å². The van der Waals surface area contributed by atoms with Gasteiger partial charge in [-0.15, -0.1) is 0 Å². The fourth-order valence-corrected chi connectivity index (χ4v) is 2.29. The van der Waals surface area contributed by atoms with Crippen molar-refractivity contribution < 1.29 is 14.3 Å². The van der Waals surface area contributed by atoms with Crippen LogP contribution in [0.2, 0.25) is 0 Å². The Hall–Kier alpha value is -1.91. The van der Waals surface area contributed by atoms with Gasteiger partial charge in [0, 0.05) is 37.0 Å². The summed E-state index contributed by atoms with van der Waals surface area (Å²) >= 11 is 0. The maximum atomic E-state index is 12.2. The smallest absolute Gasteiger partial charge is 0.321 e. The first-order valence-electron chi connectivity index (χ1n) is 6.91. The number of urea groups is 1. The fourth-order valence-electron chi connectivity index (χ4n) is 2.29. The second-order valence-electron chi connectivity index (χ2n) is 5.20. The summed E-state index contributed by atoms with van der Waals surface area (Å²) in [5, 5.41) is 2.90. The van der Waals surface area contributed by atoms with E-state index in [0.717, 1.165) is 25.9 Å². The van der Waals surface area contributed by atoms with Gasteiger partial charge in [0.25, 0.3) is 0 Å². The molecule has 1 N–H and O–H groups in total. The van der Waals surface area contributed by atoms with E-state index in [0.29, 0.717) is 23.1 Å². The largest absolute Gasteiger partial charge is 0.497 e. The van der Waals surface area contributed by atoms with E-state index in [1.807, 2.05) is 4.90 Å². The SMILES string of the molecule is COc1cc(NC(=O)N2CCC(C)CC2)cc(OC)c1. The van der Waals surface area contributed by atoms with Crippen molar-refractivity contribution in [2.24, 2.45) is 5.92 Å². The number of ether oxygens (including phenoxy) is 2. The maximum absolute atomic E-state index is 12.2. The normalized spacial score (nSPS) is 15.8. The molecule has 0 spiro atoms. The Morgan fingerprint density at radius 1 is 1.15 bits per heavy atom. The molecule has 20 heavy (non-hydrogen) atoms. The van der Waals surface area contributed by atoms with Crippen LogP contribution in [0.5, 0.6) is 11.5 Å². The van der Waals surface area contributed by atoms with Crippen molar-refractivity contribution in [3.05, 3.63) is 18.2 Å². The van der Waals surface area contributed by atoms with Gasteiger partial charge in [0.2, 0.25) is 0 Å². The number of nitrogens with zero attached hydrogens (tertiary/aromatic N) is 1. The zero-order chi connectivity index (χ0) is 14.5. The quantitative estimate of drug-likeness (QED) is 0.924. The molecule has 1 aliphatic rings. The van der Waals surface area contributed by atoms with E-state index >= 15 is 0 Å². The molecule has 0 atom stereocenters. The lowest BCUT2D eigenvalue weighted by Crippen LogP contribution is -2.40. The van der Waals surface area contributed by atoms with E-state index in [9.17, 15) is 4.79 Å². The number of carbonyl (C=O) groups excluding carboxylic acids is 1. The van der Waals surface area contributed by atoms with Crippen molar-refractivity contribution in [3.63, 3.8) is 0 Å². The minimum Gasteiger partial charge on any atom is -0.497 e. The molecule has 2 amide bonds. The average Bonchev–Trinajstić information content (AvgIpc) is 2.47. The van der Waals surface area contributed by atoms with Gasteiger partial charge in [0.05, 0.1) is 14.2 Å². The molecular weight excluding hydrogens is 256 g/mol. The molecular formula is C15H22N2O3. The molecule has 1 aromatic carbocycles. The highest BCUT2D eigenvalue weighted by Crippen LogP contribution is 2.26. The van der Waals surface area contributed by atoms with Crippen LogP contribution in [-0.2, 0) is 0 Å². The Morgan fingerprint density at radius 2 is 1.70 bits per heavy atom. The summed E-state index contributed by atoms with van der Waals surface area (Å²) in [7, 11) is 3.18. The number of hydrogen-bond acceptors (Lipinski definition) is 3. The molecule has 0 aromatic heterocycles. The molecule has 110 valence electrons. The minimum absolute atomic E-state index is 0.0628. The van der Waals surface area contributed by atoms with Gasteiger partial charge in [-0.05, 0) is 18.8 Å². The van der Waals surface area contributed by atoms with E-state index in [-0.39, 0.29) is 6.03 Å². The number of amides is 2. The highest BCUT2D eigenvalue weighted by atomic mass is 16.5. The first kappa shape index (κ1) is 14.5. The molecule has 1 aromatic rings. The summed E-state index contributed by atoms with van der Waals surface area (Å²) in [6, 6.07) is 5.28. The fraction of sp³-hybridized carbons (Fsp3) is 0.533. The first-order valence-corrected chi connectivity index (χ1v) is 6.91. The Morgan fingerprint density at radius 3 is 2.20 bits per heavy atom. The van der Waals surface area contributed by atoms with Crippen molar-refractivity contribution in [3.8, 4) is 11.5 Å². The van der Waals surface area contributed by atoms with Gasteiger partial charge in [-0.2, -0.15) is 0 Å². The van der Waals surface area contributed by atoms with Crippen LogP contribution >= 0.6 is 0 Å². The molecule has 1 fully saturated rings. The summed E-state index contributed by atoms with van der Waals surface area (Å²) in [5.74, 6) is 2.02. The minimum atomic E-state index is -0.0628. The van der Waals surface area contributed by atoms with E-state index in [1.54, 1.807) is 32.4 Å². The third-order valence-corrected chi connectivity index (χ3v) is 3.67. The highest BCUT2D eigenvalue weighted by Gasteiger charge is 2.20. The Labute approximate surface area is 119 Å². The monoisotopic (exact) mass is 278 g/mol. The molecule has 0 aliphatic carbocycles. The third-order valence-electron chi connectivity index (χ3n) is 3.67. The van der Waals surface area contributed by atoms with Gasteiger partial charge in [-0.25, -0.2) is 4.79 Å². The number of methoxy groups -OCH3 is 2. The standard InChI is InChI=1S/C15H22N2O3/c1-11-4-6-17(7-5-11)15(18)16-12-8-13(19-2)10-14(9-12)20-3/h8-11H,4-7H2,1-3H3,(H,16,18). The van der Waals surface area contributed by atoms with E-state index in [1.165, 1.54) is 0 Å². The summed E-state index contributed by atoms with van der Waals surface area (Å²) in [6.07, 6.45) is 2.13. The van der Waals surface area contributed by atoms with Crippen LogP contribution < -0.4 is 14.8 Å². The molecule has 0 saturated carbocycles. The summed E-state index contributed by atoms with van der Waals surface area (Å²) in [4.78, 5) is 14.1. The zero-order valence-corrected chi connectivity index (χ0v) is 12.3. The Kier molecular flexibility index (Phi) is 4.71. The van der Waals surface area contributed by atoms with Gasteiger partial charge in [0.15, 0.2) is 0 Å². The molecule has 5 heteroatoms. The van der Waals surface area contributed by atoms with Gasteiger partial charge in [-0.1, -0.05) is 6.92 Å². The lowest BCUT2D eigenvalue weighted by molar-refractivity contribution is 0.186. The van der Waals surface area contributed by atoms with Crippen molar-refractivity contribution in [2.45, 2.75) is 19.8 Å². The average molecular weight is 278 g/mol. The first-order chi connectivity index (χ1) is 9.62. The predicted molar refractivity (Wildman–Crippen MR) is 78.5 cm³/mol. The summed E-state index contributed by atoms with van der Waals surface area (Å²) in [6.45, 7) is 3.85. The lowest BCUT2D eigenvalue weighted by Gasteiger charge is -2.30. The van der Waals surface area contributed by atoms with Crippen LogP contribution in [0.15, 0.2) is 18.2 Å². The van der Waals surface area contributed by atoms with Crippen LogP contribution in [-0.4, -0.2) is 38.2 Å².